The first-order chi connectivity index (χ1) is 15.1. The Hall–Kier alpha value is -3.62. The topological polar surface area (TPSA) is 38.3 Å². The Labute approximate surface area is 187 Å². The maximum absolute atomic E-state index is 5.80. The Bertz CT molecular complexity index is 1200. The maximum atomic E-state index is 5.80. The molecule has 154 valence electrons. The minimum atomic E-state index is 0.564. The summed E-state index contributed by atoms with van der Waals surface area (Å²) in [5.41, 5.74) is 5.03. The van der Waals surface area contributed by atoms with Crippen LogP contribution in [0.3, 0.4) is 0 Å². The van der Waals surface area contributed by atoms with E-state index in [1.807, 2.05) is 63.5 Å². The van der Waals surface area contributed by atoms with E-state index in [2.05, 4.69) is 51.0 Å². The second-order valence-corrected chi connectivity index (χ2v) is 8.07. The van der Waals surface area contributed by atoms with Crippen LogP contribution < -0.4 is 9.64 Å². The molecule has 0 amide bonds. The number of hydrogen-bond acceptors (Lipinski definition) is 5. The highest BCUT2D eigenvalue weighted by atomic mass is 32.1. The van der Waals surface area contributed by atoms with Crippen molar-refractivity contribution in [3.8, 4) is 38.9 Å². The Morgan fingerprint density at radius 3 is 2.16 bits per heavy atom. The van der Waals surface area contributed by atoms with Gasteiger partial charge in [0.05, 0.1) is 17.2 Å². The van der Waals surface area contributed by atoms with Gasteiger partial charge in [-0.2, -0.15) is 4.98 Å². The minimum Gasteiger partial charge on any atom is -0.477 e. The zero-order chi connectivity index (χ0) is 21.6. The summed E-state index contributed by atoms with van der Waals surface area (Å²) in [7, 11) is 4.06. The highest BCUT2D eigenvalue weighted by molar-refractivity contribution is 7.18. The van der Waals surface area contributed by atoms with Gasteiger partial charge in [-0.05, 0) is 61.0 Å². The zero-order valence-electron chi connectivity index (χ0n) is 17.8. The van der Waals surface area contributed by atoms with Gasteiger partial charge in [-0.25, -0.2) is 0 Å². The lowest BCUT2D eigenvalue weighted by Crippen LogP contribution is -2.07. The van der Waals surface area contributed by atoms with E-state index in [-0.39, 0.29) is 0 Å². The molecular weight excluding hydrogens is 402 g/mol. The first kappa shape index (κ1) is 20.6. The van der Waals surface area contributed by atoms with Crippen LogP contribution in [0.2, 0.25) is 0 Å². The van der Waals surface area contributed by atoms with Crippen LogP contribution in [0.1, 0.15) is 18.1 Å². The fourth-order valence-corrected chi connectivity index (χ4v) is 4.01. The van der Waals surface area contributed by atoms with Gasteiger partial charge in [-0.1, -0.05) is 30.0 Å². The van der Waals surface area contributed by atoms with Gasteiger partial charge in [0.2, 0.25) is 5.88 Å². The van der Waals surface area contributed by atoms with Gasteiger partial charge in [0, 0.05) is 37.1 Å². The molecule has 0 unspecified atom stereocenters. The lowest BCUT2D eigenvalue weighted by Gasteiger charge is -2.11. The molecule has 0 radical (unpaired) electrons. The molecule has 0 fully saturated rings. The number of aromatic nitrogens is 2. The monoisotopic (exact) mass is 425 g/mol. The Kier molecular flexibility index (Phi) is 6.30. The van der Waals surface area contributed by atoms with Gasteiger partial charge in [-0.15, -0.1) is 11.3 Å². The number of thiazole rings is 1. The number of ether oxygens (including phenoxy) is 1. The van der Waals surface area contributed by atoms with Gasteiger partial charge >= 0.3 is 0 Å². The Balaban J connectivity index is 1.58. The molecule has 5 heteroatoms. The van der Waals surface area contributed by atoms with Crippen molar-refractivity contribution in [1.29, 1.82) is 0 Å². The lowest BCUT2D eigenvalue weighted by atomic mass is 10.1. The first-order valence-electron chi connectivity index (χ1n) is 10.1. The van der Waals surface area contributed by atoms with Crippen molar-refractivity contribution >= 4 is 17.0 Å². The summed E-state index contributed by atoms with van der Waals surface area (Å²) in [4.78, 5) is 12.2. The van der Waals surface area contributed by atoms with Crippen molar-refractivity contribution in [2.75, 3.05) is 25.6 Å². The minimum absolute atomic E-state index is 0.564. The Morgan fingerprint density at radius 1 is 0.903 bits per heavy atom. The molecule has 0 bridgehead atoms. The quantitative estimate of drug-likeness (QED) is 0.382. The van der Waals surface area contributed by atoms with Crippen LogP contribution in [-0.2, 0) is 0 Å². The summed E-state index contributed by atoms with van der Waals surface area (Å²) >= 11 is 1.59. The van der Waals surface area contributed by atoms with Crippen molar-refractivity contribution in [3.05, 3.63) is 84.1 Å². The predicted octanol–water partition coefficient (Wildman–Crippen LogP) is 5.74. The third-order valence-electron chi connectivity index (χ3n) is 4.64. The van der Waals surface area contributed by atoms with Gasteiger partial charge < -0.3 is 9.64 Å². The molecule has 0 aliphatic heterocycles. The second kappa shape index (κ2) is 9.46. The molecule has 0 saturated heterocycles. The van der Waals surface area contributed by atoms with E-state index in [0.717, 1.165) is 38.0 Å². The molecule has 4 nitrogen and oxygen atoms in total. The van der Waals surface area contributed by atoms with Gasteiger partial charge in [0.1, 0.15) is 5.01 Å². The van der Waals surface area contributed by atoms with Crippen LogP contribution in [0.25, 0.3) is 21.1 Å². The number of benzene rings is 2. The summed E-state index contributed by atoms with van der Waals surface area (Å²) in [6.45, 7) is 2.53. The van der Waals surface area contributed by atoms with E-state index in [1.54, 1.807) is 17.5 Å². The van der Waals surface area contributed by atoms with Crippen LogP contribution in [0.5, 0.6) is 5.88 Å². The van der Waals surface area contributed by atoms with Crippen molar-refractivity contribution in [3.63, 3.8) is 0 Å². The van der Waals surface area contributed by atoms with Crippen molar-refractivity contribution in [1.82, 2.24) is 9.97 Å². The van der Waals surface area contributed by atoms with Crippen LogP contribution >= 0.6 is 11.3 Å². The summed E-state index contributed by atoms with van der Waals surface area (Å²) in [5.74, 6) is 7.12. The van der Waals surface area contributed by atoms with E-state index in [1.165, 1.54) is 0 Å². The van der Waals surface area contributed by atoms with E-state index in [9.17, 15) is 0 Å². The largest absolute Gasteiger partial charge is 0.477 e. The molecule has 0 aliphatic carbocycles. The second-order valence-electron chi connectivity index (χ2n) is 7.07. The predicted molar refractivity (Wildman–Crippen MR) is 129 cm³/mol. The normalized spacial score (nSPS) is 10.3. The molecular formula is C26H23N3OS. The number of anilines is 1. The van der Waals surface area contributed by atoms with Gasteiger partial charge in [0.15, 0.2) is 0 Å². The van der Waals surface area contributed by atoms with Crippen molar-refractivity contribution < 1.29 is 4.74 Å². The third-order valence-corrected chi connectivity index (χ3v) is 5.75. The van der Waals surface area contributed by atoms with Crippen LogP contribution in [0.4, 0.5) is 5.69 Å². The SMILES string of the molecule is CCOc1nc(-c2ccccn2)sc1-c1ccc(C#Cc2ccc(N(C)C)cc2)cc1. The van der Waals surface area contributed by atoms with Crippen LogP contribution in [0, 0.1) is 11.8 Å². The molecule has 0 saturated carbocycles. The fraction of sp³-hybridized carbons (Fsp3) is 0.154. The van der Waals surface area contributed by atoms with E-state index in [4.69, 9.17) is 4.74 Å². The van der Waals surface area contributed by atoms with Crippen LogP contribution in [0.15, 0.2) is 72.9 Å². The number of nitrogens with zero attached hydrogens (tertiary/aromatic N) is 3. The molecule has 2 heterocycles. The number of rotatable bonds is 5. The van der Waals surface area contributed by atoms with Crippen LogP contribution in [-0.4, -0.2) is 30.7 Å². The smallest absolute Gasteiger partial charge is 0.233 e. The molecule has 4 rings (SSSR count). The summed E-state index contributed by atoms with van der Waals surface area (Å²) in [5, 5.41) is 0.851. The molecule has 0 atom stereocenters. The summed E-state index contributed by atoms with van der Waals surface area (Å²) in [6, 6.07) is 22.3. The first-order valence-corrected chi connectivity index (χ1v) is 10.9. The van der Waals surface area contributed by atoms with Gasteiger partial charge in [-0.3, -0.25) is 4.98 Å². The molecule has 0 N–H and O–H groups in total. The molecule has 2 aromatic heterocycles. The van der Waals surface area contributed by atoms with E-state index >= 15 is 0 Å². The van der Waals surface area contributed by atoms with Gasteiger partial charge in [0.25, 0.3) is 0 Å². The molecule has 0 aliphatic rings. The molecule has 31 heavy (non-hydrogen) atoms. The van der Waals surface area contributed by atoms with Crippen molar-refractivity contribution in [2.24, 2.45) is 0 Å². The molecule has 0 spiro atoms. The van der Waals surface area contributed by atoms with E-state index < -0.39 is 0 Å². The third kappa shape index (κ3) is 4.93. The standard InChI is InChI=1S/C26H23N3OS/c1-4-30-25-24(31-26(28-25)23-7-5-6-18-27-23)21-14-10-19(11-15-21)8-9-20-12-16-22(17-13-20)29(2)3/h5-7,10-18H,4H2,1-3H3. The summed E-state index contributed by atoms with van der Waals surface area (Å²) in [6.07, 6.45) is 1.78. The molecule has 4 aromatic rings. The molecule has 2 aromatic carbocycles. The maximum Gasteiger partial charge on any atom is 0.233 e. The Morgan fingerprint density at radius 2 is 1.58 bits per heavy atom. The lowest BCUT2D eigenvalue weighted by molar-refractivity contribution is 0.330. The summed E-state index contributed by atoms with van der Waals surface area (Å²) < 4.78 is 5.80. The highest BCUT2D eigenvalue weighted by Gasteiger charge is 2.16. The number of hydrogen-bond donors (Lipinski definition) is 0. The van der Waals surface area contributed by atoms with Crippen molar-refractivity contribution in [2.45, 2.75) is 6.92 Å². The average molecular weight is 426 g/mol. The number of pyridine rings is 1. The highest BCUT2D eigenvalue weighted by Crippen LogP contribution is 2.39. The fourth-order valence-electron chi connectivity index (χ4n) is 3.01. The zero-order valence-corrected chi connectivity index (χ0v) is 18.6. The van der Waals surface area contributed by atoms with E-state index in [0.29, 0.717) is 12.5 Å². The average Bonchev–Trinajstić information content (AvgIpc) is 3.23.